The van der Waals surface area contributed by atoms with Crippen molar-refractivity contribution in [3.8, 4) is 17.3 Å². The highest BCUT2D eigenvalue weighted by atomic mass is 35.6. The number of anilines is 1. The number of benzene rings is 2. The zero-order valence-corrected chi connectivity index (χ0v) is 33.6. The number of carbonyl (C=O) groups excluding carboxylic acids is 1. The summed E-state index contributed by atoms with van der Waals surface area (Å²) in [5, 5.41) is 12.1. The van der Waals surface area contributed by atoms with Crippen molar-refractivity contribution in [1.82, 2.24) is 19.5 Å². The Kier molecular flexibility index (Phi) is 14.2. The first-order chi connectivity index (χ1) is 24.3. The molecular weight excluding hydrogens is 843 g/mol. The van der Waals surface area contributed by atoms with Crippen LogP contribution in [0.2, 0.25) is 0 Å². The molecule has 1 N–H and O–H groups in total. The molecule has 0 unspecified atom stereocenters. The van der Waals surface area contributed by atoms with Crippen LogP contribution in [0.5, 0.6) is 5.88 Å². The predicted molar refractivity (Wildman–Crippen MR) is 208 cm³/mol. The molecule has 0 amide bonds. The van der Waals surface area contributed by atoms with Gasteiger partial charge in [-0.05, 0) is 49.5 Å². The van der Waals surface area contributed by atoms with Crippen LogP contribution in [-0.2, 0) is 34.8 Å². The molecule has 0 bridgehead atoms. The monoisotopic (exact) mass is 869 g/mol. The number of carbonyl (C=O) groups is 1. The molecule has 10 nitrogen and oxygen atoms in total. The Bertz CT molecular complexity index is 1900. The van der Waals surface area contributed by atoms with Gasteiger partial charge in [-0.1, -0.05) is 106 Å². The molecule has 0 radical (unpaired) electrons. The minimum absolute atomic E-state index is 0.0331. The number of alkyl halides is 6. The topological polar surface area (TPSA) is 112 Å². The molecule has 4 aromatic rings. The Balaban J connectivity index is 1.20. The van der Waals surface area contributed by atoms with E-state index < -0.39 is 13.6 Å². The molecule has 19 heteroatoms. The van der Waals surface area contributed by atoms with Crippen LogP contribution < -0.4 is 4.90 Å². The number of fused-ring (bicyclic) bond motifs is 1. The van der Waals surface area contributed by atoms with E-state index in [1.54, 1.807) is 28.5 Å². The van der Waals surface area contributed by atoms with Crippen LogP contribution in [0.3, 0.4) is 0 Å². The van der Waals surface area contributed by atoms with Crippen molar-refractivity contribution in [2.45, 2.75) is 32.4 Å². The van der Waals surface area contributed by atoms with Gasteiger partial charge in [0.1, 0.15) is 6.61 Å². The number of para-hydroxylation sites is 1. The van der Waals surface area contributed by atoms with Crippen LogP contribution in [0.1, 0.15) is 33.8 Å². The normalized spacial score (nSPS) is 13.9. The number of thioether (sulfide) groups is 1. The van der Waals surface area contributed by atoms with Crippen molar-refractivity contribution in [3.05, 3.63) is 85.7 Å². The average molecular weight is 873 g/mol. The third kappa shape index (κ3) is 10.6. The van der Waals surface area contributed by atoms with Gasteiger partial charge in [-0.3, -0.25) is 4.57 Å². The third-order valence-corrected chi connectivity index (χ3v) is 10.8. The maximum absolute atomic E-state index is 12.9. The van der Waals surface area contributed by atoms with Gasteiger partial charge < -0.3 is 24.2 Å². The van der Waals surface area contributed by atoms with E-state index in [4.69, 9.17) is 96.0 Å². The number of thiazole rings is 1. The summed E-state index contributed by atoms with van der Waals surface area (Å²) in [4.78, 5) is 29.2. The minimum atomic E-state index is -2.01. The summed E-state index contributed by atoms with van der Waals surface area (Å²) in [6, 6.07) is 14.3. The number of halogens is 6. The van der Waals surface area contributed by atoms with Gasteiger partial charge in [0, 0.05) is 30.0 Å². The van der Waals surface area contributed by atoms with Crippen LogP contribution in [0.25, 0.3) is 11.4 Å². The summed E-state index contributed by atoms with van der Waals surface area (Å²) in [6.45, 7) is 5.05. The highest BCUT2D eigenvalue weighted by Crippen LogP contribution is 2.46. The van der Waals surface area contributed by atoms with Crippen LogP contribution in [0.15, 0.2) is 64.5 Å². The first-order valence-corrected chi connectivity index (χ1v) is 19.6. The Morgan fingerprint density at radius 3 is 2.24 bits per heavy atom. The molecule has 51 heavy (non-hydrogen) atoms. The molecular formula is C32H29Cl6N5O5S3. The lowest BCUT2D eigenvalue weighted by atomic mass is 10.1. The average Bonchev–Trinajstić information content (AvgIpc) is 3.59. The van der Waals surface area contributed by atoms with Crippen molar-refractivity contribution < 1.29 is 24.1 Å². The number of ether oxygens (including phenoxy) is 3. The zero-order valence-electron chi connectivity index (χ0n) is 26.7. The fraction of sp³-hybridized carbons (Fsp3) is 0.344. The van der Waals surface area contributed by atoms with Gasteiger partial charge in [0.15, 0.2) is 21.4 Å². The molecule has 0 spiro atoms. The lowest BCUT2D eigenvalue weighted by molar-refractivity contribution is 0.0488. The second kappa shape index (κ2) is 18.0. The summed E-state index contributed by atoms with van der Waals surface area (Å²) in [7, 11) is 0. The first-order valence-electron chi connectivity index (χ1n) is 15.3. The summed E-state index contributed by atoms with van der Waals surface area (Å²) in [5.41, 5.74) is 1.80. The van der Waals surface area contributed by atoms with Crippen LogP contribution in [-0.4, -0.2) is 70.2 Å². The number of hydrogen-bond donors (Lipinski definition) is 1. The second-order valence-corrected chi connectivity index (χ2v) is 17.9. The molecule has 1 aliphatic heterocycles. The summed E-state index contributed by atoms with van der Waals surface area (Å²) in [5.74, 6) is -0.969. The van der Waals surface area contributed by atoms with Crippen LogP contribution >= 0.6 is 105 Å². The van der Waals surface area contributed by atoms with E-state index in [-0.39, 0.29) is 42.1 Å². The van der Waals surface area contributed by atoms with Crippen LogP contribution in [0.4, 0.5) is 5.69 Å². The van der Waals surface area contributed by atoms with E-state index in [9.17, 15) is 9.90 Å². The lowest BCUT2D eigenvalue weighted by Gasteiger charge is -2.20. The Morgan fingerprint density at radius 2 is 1.57 bits per heavy atom. The Labute approximate surface area is 337 Å². The Morgan fingerprint density at radius 1 is 0.902 bits per heavy atom. The molecule has 0 aliphatic carbocycles. The van der Waals surface area contributed by atoms with Gasteiger partial charge in [0.2, 0.25) is 13.5 Å². The fourth-order valence-electron chi connectivity index (χ4n) is 4.74. The van der Waals surface area contributed by atoms with E-state index in [1.165, 1.54) is 23.5 Å². The predicted octanol–water partition coefficient (Wildman–Crippen LogP) is 9.40. The molecule has 5 rings (SSSR count). The quantitative estimate of drug-likeness (QED) is 0.0567. The van der Waals surface area contributed by atoms with E-state index in [2.05, 4.69) is 38.1 Å². The molecule has 0 saturated carbocycles. The summed E-state index contributed by atoms with van der Waals surface area (Å²) in [6.07, 6.45) is 2.54. The highest BCUT2D eigenvalue weighted by Gasteiger charge is 2.34. The molecule has 0 atom stereocenters. The molecule has 1 aliphatic rings. The number of hydrogen-bond acceptors (Lipinski definition) is 12. The van der Waals surface area contributed by atoms with Crippen molar-refractivity contribution in [3.63, 3.8) is 0 Å². The first kappa shape index (κ1) is 40.3. The number of rotatable bonds is 14. The summed E-state index contributed by atoms with van der Waals surface area (Å²) >= 11 is 44.3. The molecule has 0 fully saturated rings. The van der Waals surface area contributed by atoms with Crippen LogP contribution in [0, 0.1) is 3.95 Å². The standard InChI is InChI=1S/C32H29Cl6N5O5S3/c1-2-46-17-18-47-15-13-42-21-5-3-4-6-22(21)50-24(42)12-11-23-26(44)43(30(49)51-23)14-16-48-27(45)20-9-7-19(8-10-20)25-39-28(31(33,34)35)41-29(40-25)32(36,37)38/h3-10,12,44H,2,11,13-18H2,1H3. The number of allylic oxidation sites excluding steroid dienone is 1. The van der Waals surface area contributed by atoms with Gasteiger partial charge in [-0.2, -0.15) is 0 Å². The number of nitrogens with zero attached hydrogens (tertiary/aromatic N) is 5. The highest BCUT2D eigenvalue weighted by molar-refractivity contribution is 8.03. The summed E-state index contributed by atoms with van der Waals surface area (Å²) < 4.78 is 14.6. The third-order valence-electron chi connectivity index (χ3n) is 7.14. The zero-order chi connectivity index (χ0) is 36.8. The smallest absolute Gasteiger partial charge is 0.338 e. The SMILES string of the molecule is CCOCCOCCN1C(=CCc2sc(=S)n(CCOC(=O)c3ccc(-c4nc(C(Cl)(Cl)Cl)nc(C(Cl)(Cl)Cl)n4)cc3)c2O)Sc2ccccc21. The number of aromatic nitrogens is 4. The lowest BCUT2D eigenvalue weighted by Crippen LogP contribution is -2.23. The fourth-order valence-corrected chi connectivity index (χ4v) is 7.71. The number of esters is 1. The van der Waals surface area contributed by atoms with E-state index >= 15 is 0 Å². The molecule has 3 heterocycles. The Hall–Kier alpha value is -1.88. The largest absolute Gasteiger partial charge is 0.494 e. The van der Waals surface area contributed by atoms with Gasteiger partial charge in [0.25, 0.3) is 0 Å². The maximum atomic E-state index is 12.9. The second-order valence-electron chi connectivity index (χ2n) is 10.6. The van der Waals surface area contributed by atoms with Gasteiger partial charge in [-0.25, -0.2) is 19.7 Å². The van der Waals surface area contributed by atoms with E-state index in [0.29, 0.717) is 53.8 Å². The van der Waals surface area contributed by atoms with Crippen molar-refractivity contribution in [2.75, 3.05) is 44.5 Å². The molecule has 2 aromatic heterocycles. The van der Waals surface area contributed by atoms with Gasteiger partial charge in [0.05, 0.1) is 47.5 Å². The molecule has 272 valence electrons. The minimum Gasteiger partial charge on any atom is -0.494 e. The molecule has 0 saturated heterocycles. The maximum Gasteiger partial charge on any atom is 0.338 e. The van der Waals surface area contributed by atoms with Gasteiger partial charge in [-0.15, -0.1) is 11.3 Å². The van der Waals surface area contributed by atoms with Gasteiger partial charge >= 0.3 is 5.97 Å². The number of aromatic hydroxyl groups is 1. The van der Waals surface area contributed by atoms with E-state index in [1.807, 2.05) is 19.1 Å². The van der Waals surface area contributed by atoms with E-state index in [0.717, 1.165) is 15.6 Å². The van der Waals surface area contributed by atoms with Crippen molar-refractivity contribution >= 4 is 117 Å². The van der Waals surface area contributed by atoms with Crippen molar-refractivity contribution in [1.29, 1.82) is 0 Å². The van der Waals surface area contributed by atoms with Crippen molar-refractivity contribution in [2.24, 2.45) is 0 Å². The molecule has 2 aromatic carbocycles.